The van der Waals surface area contributed by atoms with Crippen molar-refractivity contribution in [2.45, 2.75) is 6.61 Å². The number of carboxylic acids is 1. The Balaban J connectivity index is 1.99. The van der Waals surface area contributed by atoms with Crippen molar-refractivity contribution >= 4 is 34.6 Å². The van der Waals surface area contributed by atoms with Crippen LogP contribution in [0.1, 0.15) is 16.7 Å². The maximum atomic E-state index is 11.7. The predicted molar refractivity (Wildman–Crippen MR) is 104 cm³/mol. The third kappa shape index (κ3) is 4.59. The number of nitro benzene ring substituents is 1. The van der Waals surface area contributed by atoms with Gasteiger partial charge < -0.3 is 9.84 Å². The molecule has 136 valence electrons. The van der Waals surface area contributed by atoms with Gasteiger partial charge in [-0.2, -0.15) is 11.3 Å². The quantitative estimate of drug-likeness (QED) is 0.273. The fourth-order valence-electron chi connectivity index (χ4n) is 2.49. The number of rotatable bonds is 7. The highest BCUT2D eigenvalue weighted by Crippen LogP contribution is 2.29. The first-order valence-corrected chi connectivity index (χ1v) is 8.91. The number of aliphatic carboxylic acids is 1. The fraction of sp³-hybridized carbons (Fsp3) is 0.0500. The Morgan fingerprint density at radius 2 is 1.96 bits per heavy atom. The maximum Gasteiger partial charge on any atom is 0.336 e. The molecule has 1 aromatic heterocycles. The Hall–Kier alpha value is -3.45. The highest BCUT2D eigenvalue weighted by atomic mass is 32.1. The number of ether oxygens (including phenoxy) is 1. The SMILES string of the molecule is O=C(O)/C(=C/c1cc(OCc2ccsc2)ccc1[N+](=O)[O-])c1ccccc1. The van der Waals surface area contributed by atoms with Crippen molar-refractivity contribution in [3.05, 3.63) is 92.2 Å². The Morgan fingerprint density at radius 1 is 1.19 bits per heavy atom. The largest absolute Gasteiger partial charge is 0.489 e. The number of benzene rings is 2. The van der Waals surface area contributed by atoms with Crippen LogP contribution in [-0.2, 0) is 11.4 Å². The second-order valence-corrected chi connectivity index (χ2v) is 6.41. The van der Waals surface area contributed by atoms with Crippen LogP contribution >= 0.6 is 11.3 Å². The lowest BCUT2D eigenvalue weighted by atomic mass is 10.0. The molecule has 0 radical (unpaired) electrons. The minimum absolute atomic E-state index is 0.0336. The third-order valence-corrected chi connectivity index (χ3v) is 4.53. The van der Waals surface area contributed by atoms with Gasteiger partial charge in [-0.15, -0.1) is 0 Å². The van der Waals surface area contributed by atoms with E-state index in [0.717, 1.165) is 5.56 Å². The van der Waals surface area contributed by atoms with Crippen LogP contribution in [0.25, 0.3) is 11.6 Å². The summed E-state index contributed by atoms with van der Waals surface area (Å²) >= 11 is 1.55. The van der Waals surface area contributed by atoms with Crippen molar-refractivity contribution in [2.75, 3.05) is 0 Å². The van der Waals surface area contributed by atoms with Crippen LogP contribution < -0.4 is 4.74 Å². The summed E-state index contributed by atoms with van der Waals surface area (Å²) in [6, 6.07) is 14.7. The van der Waals surface area contributed by atoms with Gasteiger partial charge in [0.15, 0.2) is 0 Å². The lowest BCUT2D eigenvalue weighted by Crippen LogP contribution is -2.01. The molecule has 0 atom stereocenters. The molecular weight excluding hydrogens is 366 g/mol. The Kier molecular flexibility index (Phi) is 5.63. The average molecular weight is 381 g/mol. The van der Waals surface area contributed by atoms with Crippen LogP contribution in [0.15, 0.2) is 65.4 Å². The Labute approximate surface area is 159 Å². The zero-order valence-corrected chi connectivity index (χ0v) is 14.9. The number of nitro groups is 1. The molecule has 0 saturated heterocycles. The minimum atomic E-state index is -1.17. The van der Waals surface area contributed by atoms with E-state index in [1.807, 2.05) is 16.8 Å². The van der Waals surface area contributed by atoms with Gasteiger partial charge in [0.1, 0.15) is 12.4 Å². The van der Waals surface area contributed by atoms with Crippen LogP contribution in [0.2, 0.25) is 0 Å². The lowest BCUT2D eigenvalue weighted by molar-refractivity contribution is -0.385. The van der Waals surface area contributed by atoms with Crippen molar-refractivity contribution in [2.24, 2.45) is 0 Å². The number of carboxylic acid groups (broad SMARTS) is 1. The van der Waals surface area contributed by atoms with Crippen LogP contribution in [0, 0.1) is 10.1 Å². The van der Waals surface area contributed by atoms with Crippen LogP contribution in [0.3, 0.4) is 0 Å². The van der Waals surface area contributed by atoms with Gasteiger partial charge in [0, 0.05) is 6.07 Å². The summed E-state index contributed by atoms with van der Waals surface area (Å²) in [7, 11) is 0. The van der Waals surface area contributed by atoms with Gasteiger partial charge in [-0.3, -0.25) is 10.1 Å². The van der Waals surface area contributed by atoms with Gasteiger partial charge in [-0.1, -0.05) is 30.3 Å². The summed E-state index contributed by atoms with van der Waals surface area (Å²) in [5, 5.41) is 24.8. The Morgan fingerprint density at radius 3 is 2.59 bits per heavy atom. The summed E-state index contributed by atoms with van der Waals surface area (Å²) in [4.78, 5) is 22.5. The number of thiophene rings is 1. The molecule has 27 heavy (non-hydrogen) atoms. The molecule has 0 unspecified atom stereocenters. The van der Waals surface area contributed by atoms with Crippen molar-refractivity contribution < 1.29 is 19.6 Å². The summed E-state index contributed by atoms with van der Waals surface area (Å²) in [6.07, 6.45) is 1.30. The molecule has 0 amide bonds. The van der Waals surface area contributed by atoms with Crippen molar-refractivity contribution in [1.82, 2.24) is 0 Å². The van der Waals surface area contributed by atoms with E-state index in [0.29, 0.717) is 17.9 Å². The number of carbonyl (C=O) groups is 1. The molecule has 0 bridgehead atoms. The van der Waals surface area contributed by atoms with E-state index < -0.39 is 10.9 Å². The second-order valence-electron chi connectivity index (χ2n) is 5.63. The normalized spacial score (nSPS) is 11.2. The molecule has 1 heterocycles. The van der Waals surface area contributed by atoms with E-state index in [4.69, 9.17) is 4.74 Å². The number of hydrogen-bond acceptors (Lipinski definition) is 5. The summed E-state index contributed by atoms with van der Waals surface area (Å²) in [5.41, 5.74) is 1.40. The van der Waals surface area contributed by atoms with Crippen molar-refractivity contribution in [3.63, 3.8) is 0 Å². The van der Waals surface area contributed by atoms with E-state index in [9.17, 15) is 20.0 Å². The zero-order valence-electron chi connectivity index (χ0n) is 14.1. The lowest BCUT2D eigenvalue weighted by Gasteiger charge is -2.08. The van der Waals surface area contributed by atoms with Gasteiger partial charge in [0.2, 0.25) is 0 Å². The topological polar surface area (TPSA) is 89.7 Å². The van der Waals surface area contributed by atoms with Crippen LogP contribution in [0.4, 0.5) is 5.69 Å². The Bertz CT molecular complexity index is 981. The third-order valence-electron chi connectivity index (χ3n) is 3.80. The van der Waals surface area contributed by atoms with E-state index >= 15 is 0 Å². The minimum Gasteiger partial charge on any atom is -0.489 e. The molecule has 0 aliphatic rings. The molecule has 0 saturated carbocycles. The van der Waals surface area contributed by atoms with Crippen LogP contribution in [-0.4, -0.2) is 16.0 Å². The molecule has 2 aromatic carbocycles. The molecule has 0 spiro atoms. The average Bonchev–Trinajstić information content (AvgIpc) is 3.18. The van der Waals surface area contributed by atoms with E-state index in [-0.39, 0.29) is 16.8 Å². The summed E-state index contributed by atoms with van der Waals surface area (Å²) < 4.78 is 5.68. The molecule has 0 aliphatic heterocycles. The molecule has 1 N–H and O–H groups in total. The summed E-state index contributed by atoms with van der Waals surface area (Å²) in [6.45, 7) is 0.328. The van der Waals surface area contributed by atoms with Crippen molar-refractivity contribution in [3.8, 4) is 5.75 Å². The maximum absolute atomic E-state index is 11.7. The predicted octanol–water partition coefficient (Wildman–Crippen LogP) is 4.86. The zero-order chi connectivity index (χ0) is 19.2. The van der Waals surface area contributed by atoms with Gasteiger partial charge >= 0.3 is 5.97 Å². The van der Waals surface area contributed by atoms with E-state index in [1.54, 1.807) is 41.7 Å². The first kappa shape index (κ1) is 18.3. The molecule has 3 aromatic rings. The highest BCUT2D eigenvalue weighted by Gasteiger charge is 2.17. The fourth-order valence-corrected chi connectivity index (χ4v) is 3.14. The monoisotopic (exact) mass is 381 g/mol. The molecular formula is C20H15NO5S. The van der Waals surface area contributed by atoms with E-state index in [2.05, 4.69) is 0 Å². The van der Waals surface area contributed by atoms with Gasteiger partial charge in [-0.25, -0.2) is 4.79 Å². The van der Waals surface area contributed by atoms with E-state index in [1.165, 1.54) is 24.3 Å². The number of hydrogen-bond donors (Lipinski definition) is 1. The first-order chi connectivity index (χ1) is 13.0. The van der Waals surface area contributed by atoms with Gasteiger partial charge in [-0.05, 0) is 46.2 Å². The van der Waals surface area contributed by atoms with Gasteiger partial charge in [0.05, 0.1) is 16.1 Å². The first-order valence-electron chi connectivity index (χ1n) is 7.97. The highest BCUT2D eigenvalue weighted by molar-refractivity contribution is 7.07. The number of nitrogens with zero attached hydrogens (tertiary/aromatic N) is 1. The van der Waals surface area contributed by atoms with Crippen LogP contribution in [0.5, 0.6) is 5.75 Å². The molecule has 0 fully saturated rings. The molecule has 0 aliphatic carbocycles. The second kappa shape index (κ2) is 8.29. The summed E-state index contributed by atoms with van der Waals surface area (Å²) in [5.74, 6) is -0.740. The molecule has 7 heteroatoms. The standard InChI is InChI=1S/C20H15NO5S/c22-20(23)18(15-4-2-1-3-5-15)11-16-10-17(6-7-19(16)21(24)25)26-12-14-8-9-27-13-14/h1-11,13H,12H2,(H,22,23)/b18-11+. The smallest absolute Gasteiger partial charge is 0.336 e. The molecule has 3 rings (SSSR count). The molecule has 6 nitrogen and oxygen atoms in total. The van der Waals surface area contributed by atoms with Gasteiger partial charge in [0.25, 0.3) is 5.69 Å². The van der Waals surface area contributed by atoms with Crippen molar-refractivity contribution in [1.29, 1.82) is 0 Å².